The van der Waals surface area contributed by atoms with Gasteiger partial charge in [0.25, 0.3) is 0 Å². The average Bonchev–Trinajstić information content (AvgIpc) is 2.82. The first-order chi connectivity index (χ1) is 8.16. The number of hydrogen-bond donors (Lipinski definition) is 1. The largest absolute Gasteiger partial charge is 0.329 e. The predicted molar refractivity (Wildman–Crippen MR) is 70.8 cm³/mol. The van der Waals surface area contributed by atoms with E-state index in [4.69, 9.17) is 12.2 Å². The second-order valence-corrected chi connectivity index (χ2v) is 5.22. The van der Waals surface area contributed by atoms with Gasteiger partial charge in [-0.3, -0.25) is 4.57 Å². The lowest BCUT2D eigenvalue weighted by molar-refractivity contribution is 0.393. The smallest absolute Gasteiger partial charge is 0.179 e. The Kier molecular flexibility index (Phi) is 2.52. The quantitative estimate of drug-likeness (QED) is 0.787. The molecule has 3 heterocycles. The Morgan fingerprint density at radius 3 is 3.06 bits per heavy atom. The molecule has 0 amide bonds. The maximum atomic E-state index is 5.44. The fourth-order valence-electron chi connectivity index (χ4n) is 2.61. The van der Waals surface area contributed by atoms with E-state index in [1.807, 2.05) is 12.3 Å². The molecule has 4 nitrogen and oxygen atoms in total. The van der Waals surface area contributed by atoms with Crippen molar-refractivity contribution in [3.8, 4) is 0 Å². The third kappa shape index (κ3) is 1.70. The van der Waals surface area contributed by atoms with Crippen LogP contribution in [-0.4, -0.2) is 39.6 Å². The zero-order valence-electron chi connectivity index (χ0n) is 10.1. The maximum absolute atomic E-state index is 5.44. The SMILES string of the molecule is Cc1ccnc2c1[nH]c(=S)n2C1CCN(C)C1. The van der Waals surface area contributed by atoms with Crippen molar-refractivity contribution >= 4 is 23.4 Å². The van der Waals surface area contributed by atoms with E-state index < -0.39 is 0 Å². The third-order valence-electron chi connectivity index (χ3n) is 3.55. The minimum atomic E-state index is 0.454. The molecule has 0 bridgehead atoms. The topological polar surface area (TPSA) is 36.9 Å². The number of fused-ring (bicyclic) bond motifs is 1. The number of rotatable bonds is 1. The van der Waals surface area contributed by atoms with E-state index in [0.29, 0.717) is 6.04 Å². The molecule has 0 spiro atoms. The van der Waals surface area contributed by atoms with Crippen LogP contribution in [0.3, 0.4) is 0 Å². The Morgan fingerprint density at radius 2 is 2.35 bits per heavy atom. The lowest BCUT2D eigenvalue weighted by Crippen LogP contribution is -2.16. The molecule has 3 rings (SSSR count). The highest BCUT2D eigenvalue weighted by molar-refractivity contribution is 7.71. The van der Waals surface area contributed by atoms with Gasteiger partial charge in [0.2, 0.25) is 0 Å². The van der Waals surface area contributed by atoms with E-state index in [1.165, 1.54) is 5.56 Å². The van der Waals surface area contributed by atoms with E-state index >= 15 is 0 Å². The van der Waals surface area contributed by atoms with Crippen LogP contribution in [0.15, 0.2) is 12.3 Å². The fraction of sp³-hybridized carbons (Fsp3) is 0.500. The van der Waals surface area contributed by atoms with E-state index in [9.17, 15) is 0 Å². The molecule has 0 radical (unpaired) electrons. The molecule has 1 saturated heterocycles. The molecule has 0 aromatic carbocycles. The molecule has 17 heavy (non-hydrogen) atoms. The van der Waals surface area contributed by atoms with E-state index in [1.54, 1.807) is 0 Å². The average molecular weight is 248 g/mol. The van der Waals surface area contributed by atoms with Crippen molar-refractivity contribution in [1.29, 1.82) is 0 Å². The van der Waals surface area contributed by atoms with Gasteiger partial charge >= 0.3 is 0 Å². The molecular formula is C12H16N4S. The van der Waals surface area contributed by atoms with Crippen LogP contribution in [0.25, 0.3) is 11.2 Å². The number of imidazole rings is 1. The van der Waals surface area contributed by atoms with Gasteiger partial charge in [-0.1, -0.05) is 0 Å². The van der Waals surface area contributed by atoms with Crippen LogP contribution >= 0.6 is 12.2 Å². The van der Waals surface area contributed by atoms with Crippen LogP contribution in [0, 0.1) is 11.7 Å². The minimum Gasteiger partial charge on any atom is -0.329 e. The molecule has 5 heteroatoms. The predicted octanol–water partition coefficient (Wildman–Crippen LogP) is 2.28. The fourth-order valence-corrected chi connectivity index (χ4v) is 2.94. The van der Waals surface area contributed by atoms with Crippen molar-refractivity contribution in [2.45, 2.75) is 19.4 Å². The Balaban J connectivity index is 2.19. The highest BCUT2D eigenvalue weighted by atomic mass is 32.1. The van der Waals surface area contributed by atoms with Crippen LogP contribution in [0.2, 0.25) is 0 Å². The molecule has 90 valence electrons. The highest BCUT2D eigenvalue weighted by Gasteiger charge is 2.23. The van der Waals surface area contributed by atoms with Gasteiger partial charge in [0.1, 0.15) is 0 Å². The van der Waals surface area contributed by atoms with Gasteiger partial charge in [-0.05, 0) is 50.8 Å². The van der Waals surface area contributed by atoms with Crippen molar-refractivity contribution in [2.75, 3.05) is 20.1 Å². The van der Waals surface area contributed by atoms with Crippen LogP contribution in [-0.2, 0) is 0 Å². The second kappa shape index (κ2) is 3.92. The molecule has 1 aliphatic rings. The summed E-state index contributed by atoms with van der Waals surface area (Å²) in [6.45, 7) is 4.27. The van der Waals surface area contributed by atoms with Crippen LogP contribution in [0.5, 0.6) is 0 Å². The van der Waals surface area contributed by atoms with Gasteiger partial charge < -0.3 is 9.88 Å². The summed E-state index contributed by atoms with van der Waals surface area (Å²) in [5.41, 5.74) is 3.27. The molecule has 1 aliphatic heterocycles. The standard InChI is InChI=1S/C12H16N4S/c1-8-3-5-13-11-10(8)14-12(17)16(11)9-4-6-15(2)7-9/h3,5,9H,4,6-7H2,1-2H3,(H,14,17). The second-order valence-electron chi connectivity index (χ2n) is 4.83. The van der Waals surface area contributed by atoms with Gasteiger partial charge in [0.05, 0.1) is 11.6 Å². The first kappa shape index (κ1) is 10.9. The van der Waals surface area contributed by atoms with E-state index in [-0.39, 0.29) is 0 Å². The summed E-state index contributed by atoms with van der Waals surface area (Å²) in [4.78, 5) is 10.1. The molecular weight excluding hydrogens is 232 g/mol. The summed E-state index contributed by atoms with van der Waals surface area (Å²) < 4.78 is 2.98. The first-order valence-corrected chi connectivity index (χ1v) is 6.32. The summed E-state index contributed by atoms with van der Waals surface area (Å²) in [6, 6.07) is 2.47. The Morgan fingerprint density at radius 1 is 1.53 bits per heavy atom. The summed E-state index contributed by atoms with van der Waals surface area (Å²) in [7, 11) is 2.15. The van der Waals surface area contributed by atoms with Gasteiger partial charge in [-0.2, -0.15) is 0 Å². The molecule has 1 unspecified atom stereocenters. The number of nitrogens with one attached hydrogen (secondary N) is 1. The molecule has 0 aliphatic carbocycles. The van der Waals surface area contributed by atoms with Crippen molar-refractivity contribution in [1.82, 2.24) is 19.4 Å². The molecule has 1 N–H and O–H groups in total. The lowest BCUT2D eigenvalue weighted by atomic mass is 10.2. The molecule has 2 aromatic heterocycles. The Hall–Kier alpha value is -1.20. The normalized spacial score (nSPS) is 21.4. The third-order valence-corrected chi connectivity index (χ3v) is 3.85. The zero-order valence-corrected chi connectivity index (χ0v) is 10.9. The van der Waals surface area contributed by atoms with E-state index in [2.05, 4.69) is 33.4 Å². The summed E-state index contributed by atoms with van der Waals surface area (Å²) >= 11 is 5.44. The molecule has 1 fully saturated rings. The number of aryl methyl sites for hydroxylation is 1. The zero-order chi connectivity index (χ0) is 12.0. The van der Waals surface area contributed by atoms with Crippen molar-refractivity contribution in [3.05, 3.63) is 22.6 Å². The van der Waals surface area contributed by atoms with Gasteiger partial charge in [0, 0.05) is 12.7 Å². The highest BCUT2D eigenvalue weighted by Crippen LogP contribution is 2.25. The van der Waals surface area contributed by atoms with Crippen molar-refractivity contribution in [3.63, 3.8) is 0 Å². The molecule has 1 atom stereocenters. The van der Waals surface area contributed by atoms with E-state index in [0.717, 1.165) is 35.4 Å². The van der Waals surface area contributed by atoms with Crippen molar-refractivity contribution in [2.24, 2.45) is 0 Å². The summed E-state index contributed by atoms with van der Waals surface area (Å²) in [5.74, 6) is 0. The summed E-state index contributed by atoms with van der Waals surface area (Å²) in [5, 5.41) is 0. The summed E-state index contributed by atoms with van der Waals surface area (Å²) in [6.07, 6.45) is 3.00. The number of likely N-dealkylation sites (N-methyl/N-ethyl adjacent to an activating group) is 1. The number of H-pyrrole nitrogens is 1. The monoisotopic (exact) mass is 248 g/mol. The molecule has 2 aromatic rings. The van der Waals surface area contributed by atoms with Crippen molar-refractivity contribution < 1.29 is 0 Å². The first-order valence-electron chi connectivity index (χ1n) is 5.91. The maximum Gasteiger partial charge on any atom is 0.179 e. The Bertz CT molecular complexity index is 612. The van der Waals surface area contributed by atoms with Gasteiger partial charge in [0.15, 0.2) is 10.4 Å². The van der Waals surface area contributed by atoms with Crippen LogP contribution < -0.4 is 0 Å². The van der Waals surface area contributed by atoms with Gasteiger partial charge in [-0.15, -0.1) is 0 Å². The number of likely N-dealkylation sites (tertiary alicyclic amines) is 1. The number of aromatic amines is 1. The molecule has 0 saturated carbocycles. The minimum absolute atomic E-state index is 0.454. The number of pyridine rings is 1. The van der Waals surface area contributed by atoms with Crippen LogP contribution in [0.4, 0.5) is 0 Å². The number of hydrogen-bond acceptors (Lipinski definition) is 3. The Labute approximate surface area is 105 Å². The number of nitrogens with zero attached hydrogens (tertiary/aromatic N) is 3. The lowest BCUT2D eigenvalue weighted by Gasteiger charge is -2.12. The number of aromatic nitrogens is 3. The van der Waals surface area contributed by atoms with Crippen LogP contribution in [0.1, 0.15) is 18.0 Å². The van der Waals surface area contributed by atoms with Gasteiger partial charge in [-0.25, -0.2) is 4.98 Å².